The van der Waals surface area contributed by atoms with E-state index in [0.29, 0.717) is 6.42 Å². The van der Waals surface area contributed by atoms with Crippen molar-refractivity contribution in [2.75, 3.05) is 0 Å². The summed E-state index contributed by atoms with van der Waals surface area (Å²) in [6, 6.07) is 0. The van der Waals surface area contributed by atoms with Gasteiger partial charge in [0.1, 0.15) is 6.29 Å². The van der Waals surface area contributed by atoms with Crippen molar-refractivity contribution < 1.29 is 9.90 Å². The van der Waals surface area contributed by atoms with Gasteiger partial charge in [-0.15, -0.1) is 0 Å². The van der Waals surface area contributed by atoms with Gasteiger partial charge < -0.3 is 5.11 Å². The fourth-order valence-corrected chi connectivity index (χ4v) is 0.991. The molecule has 0 aromatic carbocycles. The van der Waals surface area contributed by atoms with E-state index < -0.39 is 0 Å². The molecule has 0 saturated carbocycles. The summed E-state index contributed by atoms with van der Waals surface area (Å²) < 4.78 is 0. The van der Waals surface area contributed by atoms with Gasteiger partial charge in [-0.25, -0.2) is 0 Å². The van der Waals surface area contributed by atoms with E-state index in [1.807, 2.05) is 13.8 Å². The van der Waals surface area contributed by atoms with Gasteiger partial charge in [-0.1, -0.05) is 18.9 Å². The summed E-state index contributed by atoms with van der Waals surface area (Å²) in [4.78, 5) is 10.00. The van der Waals surface area contributed by atoms with Crippen molar-refractivity contribution in [3.63, 3.8) is 0 Å². The van der Waals surface area contributed by atoms with Gasteiger partial charge in [0.2, 0.25) is 0 Å². The van der Waals surface area contributed by atoms with Crippen molar-refractivity contribution in [1.82, 2.24) is 0 Å². The summed E-state index contributed by atoms with van der Waals surface area (Å²) in [7, 11) is 0. The minimum absolute atomic E-state index is 0.281. The van der Waals surface area contributed by atoms with Crippen LogP contribution in [0.4, 0.5) is 0 Å². The van der Waals surface area contributed by atoms with Crippen LogP contribution in [0.3, 0.4) is 0 Å². The summed E-state index contributed by atoms with van der Waals surface area (Å²) in [5.74, 6) is 0. The van der Waals surface area contributed by atoms with Crippen LogP contribution >= 0.6 is 0 Å². The molecule has 64 valence electrons. The Labute approximate surface area is 67.9 Å². The van der Waals surface area contributed by atoms with Gasteiger partial charge in [0.25, 0.3) is 0 Å². The van der Waals surface area contributed by atoms with Crippen molar-refractivity contribution in [3.05, 3.63) is 11.6 Å². The summed E-state index contributed by atoms with van der Waals surface area (Å²) in [5.41, 5.74) is 0.945. The van der Waals surface area contributed by atoms with Crippen LogP contribution in [0.1, 0.15) is 33.1 Å². The van der Waals surface area contributed by atoms with Crippen molar-refractivity contribution in [1.29, 1.82) is 0 Å². The van der Waals surface area contributed by atoms with Gasteiger partial charge in [-0.3, -0.25) is 4.79 Å². The Bertz CT molecular complexity index is 138. The molecule has 0 aromatic rings. The van der Waals surface area contributed by atoms with Crippen LogP contribution in [0, 0.1) is 0 Å². The zero-order chi connectivity index (χ0) is 8.69. The molecule has 2 nitrogen and oxygen atoms in total. The minimum Gasteiger partial charge on any atom is -0.393 e. The molecular formula is C9H16O2. The average molecular weight is 156 g/mol. The normalized spacial score (nSPS) is 14.6. The predicted octanol–water partition coefficient (Wildman–Crippen LogP) is 1.68. The highest BCUT2D eigenvalue weighted by molar-refractivity contribution is 5.65. The summed E-state index contributed by atoms with van der Waals surface area (Å²) in [6.45, 7) is 3.88. The number of rotatable bonds is 5. The lowest BCUT2D eigenvalue weighted by Gasteiger charge is -2.07. The second-order valence-corrected chi connectivity index (χ2v) is 2.80. The zero-order valence-electron chi connectivity index (χ0n) is 7.21. The molecule has 2 heteroatoms. The largest absolute Gasteiger partial charge is 0.393 e. The third-order valence-corrected chi connectivity index (χ3v) is 1.53. The molecule has 0 aliphatic rings. The first-order chi connectivity index (χ1) is 5.20. The molecular weight excluding hydrogens is 140 g/mol. The lowest BCUT2D eigenvalue weighted by atomic mass is 10.1. The molecule has 0 amide bonds. The average Bonchev–Trinajstić information content (AvgIpc) is 1.87. The number of hydrogen-bond donors (Lipinski definition) is 1. The SMILES string of the molecule is CCCC(O)CC(C)=CC=O. The standard InChI is InChI=1S/C9H16O2/c1-3-4-9(11)7-8(2)5-6-10/h5-6,9,11H,3-4,7H2,1-2H3. The van der Waals surface area contributed by atoms with Crippen LogP contribution in [0.15, 0.2) is 11.6 Å². The Morgan fingerprint density at radius 3 is 2.73 bits per heavy atom. The number of carbonyl (C=O) groups is 1. The molecule has 0 radical (unpaired) electrons. The quantitative estimate of drug-likeness (QED) is 0.485. The second-order valence-electron chi connectivity index (χ2n) is 2.80. The number of hydrogen-bond acceptors (Lipinski definition) is 2. The van der Waals surface area contributed by atoms with E-state index in [1.54, 1.807) is 0 Å². The third kappa shape index (κ3) is 5.80. The minimum atomic E-state index is -0.281. The fourth-order valence-electron chi connectivity index (χ4n) is 0.991. The lowest BCUT2D eigenvalue weighted by molar-refractivity contribution is -0.104. The first kappa shape index (κ1) is 10.4. The number of allylic oxidation sites excluding steroid dienone is 1. The monoisotopic (exact) mass is 156 g/mol. The molecule has 0 rings (SSSR count). The highest BCUT2D eigenvalue weighted by atomic mass is 16.3. The lowest BCUT2D eigenvalue weighted by Crippen LogP contribution is -2.05. The van der Waals surface area contributed by atoms with Crippen LogP contribution in [0.5, 0.6) is 0 Å². The molecule has 0 bridgehead atoms. The summed E-state index contributed by atoms with van der Waals surface area (Å²) >= 11 is 0. The summed E-state index contributed by atoms with van der Waals surface area (Å²) in [5, 5.41) is 9.29. The first-order valence-corrected chi connectivity index (χ1v) is 3.99. The van der Waals surface area contributed by atoms with Crippen LogP contribution in [0.25, 0.3) is 0 Å². The maximum atomic E-state index is 10.00. The van der Waals surface area contributed by atoms with Gasteiger partial charge >= 0.3 is 0 Å². The van der Waals surface area contributed by atoms with Gasteiger partial charge in [-0.2, -0.15) is 0 Å². The Kier molecular flexibility index (Phi) is 5.75. The Balaban J connectivity index is 3.64. The third-order valence-electron chi connectivity index (χ3n) is 1.53. The van der Waals surface area contributed by atoms with E-state index in [1.165, 1.54) is 6.08 Å². The number of aliphatic hydroxyl groups is 1. The molecule has 0 aliphatic carbocycles. The van der Waals surface area contributed by atoms with E-state index in [-0.39, 0.29) is 6.10 Å². The number of aldehydes is 1. The van der Waals surface area contributed by atoms with Crippen molar-refractivity contribution in [3.8, 4) is 0 Å². The van der Waals surface area contributed by atoms with E-state index in [2.05, 4.69) is 0 Å². The summed E-state index contributed by atoms with van der Waals surface area (Å²) in [6.07, 6.45) is 4.38. The molecule has 0 fully saturated rings. The Morgan fingerprint density at radius 1 is 1.64 bits per heavy atom. The van der Waals surface area contributed by atoms with E-state index in [0.717, 1.165) is 24.7 Å². The van der Waals surface area contributed by atoms with E-state index in [4.69, 9.17) is 0 Å². The fraction of sp³-hybridized carbons (Fsp3) is 0.667. The molecule has 0 spiro atoms. The molecule has 1 unspecified atom stereocenters. The highest BCUT2D eigenvalue weighted by Gasteiger charge is 2.02. The van der Waals surface area contributed by atoms with Crippen LogP contribution in [-0.2, 0) is 4.79 Å². The molecule has 1 N–H and O–H groups in total. The van der Waals surface area contributed by atoms with Gasteiger partial charge in [-0.05, 0) is 25.8 Å². The van der Waals surface area contributed by atoms with E-state index >= 15 is 0 Å². The van der Waals surface area contributed by atoms with Crippen molar-refractivity contribution in [2.24, 2.45) is 0 Å². The topological polar surface area (TPSA) is 37.3 Å². The highest BCUT2D eigenvalue weighted by Crippen LogP contribution is 2.08. The van der Waals surface area contributed by atoms with Crippen LogP contribution < -0.4 is 0 Å². The van der Waals surface area contributed by atoms with Gasteiger partial charge in [0.15, 0.2) is 0 Å². The number of carbonyl (C=O) groups excluding carboxylic acids is 1. The van der Waals surface area contributed by atoms with Gasteiger partial charge in [0, 0.05) is 0 Å². The molecule has 1 atom stereocenters. The predicted molar refractivity (Wildman–Crippen MR) is 45.4 cm³/mol. The molecule has 0 heterocycles. The molecule has 11 heavy (non-hydrogen) atoms. The number of aliphatic hydroxyl groups excluding tert-OH is 1. The Hall–Kier alpha value is -0.630. The van der Waals surface area contributed by atoms with Crippen molar-refractivity contribution >= 4 is 6.29 Å². The second kappa shape index (κ2) is 6.10. The van der Waals surface area contributed by atoms with Crippen LogP contribution in [0.2, 0.25) is 0 Å². The van der Waals surface area contributed by atoms with Gasteiger partial charge in [0.05, 0.1) is 6.10 Å². The van der Waals surface area contributed by atoms with Crippen LogP contribution in [-0.4, -0.2) is 17.5 Å². The van der Waals surface area contributed by atoms with E-state index in [9.17, 15) is 9.90 Å². The maximum Gasteiger partial charge on any atom is 0.142 e. The van der Waals surface area contributed by atoms with Crippen molar-refractivity contribution in [2.45, 2.75) is 39.2 Å². The first-order valence-electron chi connectivity index (χ1n) is 3.99. The smallest absolute Gasteiger partial charge is 0.142 e. The maximum absolute atomic E-state index is 10.00. The molecule has 0 aromatic heterocycles. The molecule has 0 saturated heterocycles. The molecule has 0 aliphatic heterocycles. The zero-order valence-corrected chi connectivity index (χ0v) is 7.21. The Morgan fingerprint density at radius 2 is 2.27 bits per heavy atom.